The van der Waals surface area contributed by atoms with Gasteiger partial charge in [0.05, 0.1) is 6.10 Å². The van der Waals surface area contributed by atoms with Gasteiger partial charge in [-0.1, -0.05) is 0 Å². The molecule has 0 amide bonds. The van der Waals surface area contributed by atoms with Gasteiger partial charge in [-0.25, -0.2) is 0 Å². The third kappa shape index (κ3) is 2.80. The maximum absolute atomic E-state index is 12.3. The molecule has 2 unspecified atom stereocenters. The zero-order valence-corrected chi connectivity index (χ0v) is 8.99. The second-order valence-corrected chi connectivity index (χ2v) is 3.73. The van der Waals surface area contributed by atoms with Gasteiger partial charge in [0.1, 0.15) is 0 Å². The van der Waals surface area contributed by atoms with Gasteiger partial charge in [0, 0.05) is 22.5 Å². The molecule has 1 rings (SSSR count). The van der Waals surface area contributed by atoms with E-state index in [0.29, 0.717) is 0 Å². The smallest absolute Gasteiger partial charge is 0.398 e. The molecule has 0 aliphatic carbocycles. The van der Waals surface area contributed by atoms with E-state index in [1.807, 2.05) is 0 Å². The average molecular weight is 250 g/mol. The minimum Gasteiger partial charge on any atom is -0.398 e. The summed E-state index contributed by atoms with van der Waals surface area (Å²) in [6.45, 7) is 1.35. The van der Waals surface area contributed by atoms with Crippen molar-refractivity contribution in [1.82, 2.24) is 0 Å². The van der Waals surface area contributed by atoms with Crippen LogP contribution in [-0.4, -0.2) is 16.4 Å². The van der Waals surface area contributed by atoms with Crippen LogP contribution >= 0.6 is 0 Å². The Morgan fingerprint density at radius 1 is 1.06 bits per heavy atom. The molecule has 0 heterocycles. The number of anilines is 2. The van der Waals surface area contributed by atoms with Crippen molar-refractivity contribution < 1.29 is 23.4 Å². The van der Waals surface area contributed by atoms with Gasteiger partial charge >= 0.3 is 6.18 Å². The summed E-state index contributed by atoms with van der Waals surface area (Å²) in [4.78, 5) is 0. The van der Waals surface area contributed by atoms with Crippen molar-refractivity contribution in [2.75, 3.05) is 11.5 Å². The second-order valence-electron chi connectivity index (χ2n) is 3.73. The average Bonchev–Trinajstić information content (AvgIpc) is 2.14. The highest BCUT2D eigenvalue weighted by atomic mass is 19.4. The highest BCUT2D eigenvalue weighted by molar-refractivity contribution is 5.62. The molecular formula is C10H13F3N2O2. The lowest BCUT2D eigenvalue weighted by Crippen LogP contribution is -2.22. The van der Waals surface area contributed by atoms with Crippen LogP contribution in [0.25, 0.3) is 0 Å². The first-order chi connectivity index (χ1) is 7.64. The second kappa shape index (κ2) is 4.42. The predicted octanol–water partition coefficient (Wildman–Crippen LogP) is 1.50. The van der Waals surface area contributed by atoms with Crippen LogP contribution < -0.4 is 11.5 Å². The topological polar surface area (TPSA) is 92.5 Å². The van der Waals surface area contributed by atoms with E-state index in [2.05, 4.69) is 0 Å². The lowest BCUT2D eigenvalue weighted by atomic mass is 9.99. The van der Waals surface area contributed by atoms with Crippen molar-refractivity contribution >= 4 is 11.4 Å². The Kier molecular flexibility index (Phi) is 3.53. The van der Waals surface area contributed by atoms with Gasteiger partial charge < -0.3 is 21.7 Å². The Labute approximate surface area is 95.7 Å². The summed E-state index contributed by atoms with van der Waals surface area (Å²) in [6.07, 6.45) is -8.56. The van der Waals surface area contributed by atoms with Crippen LogP contribution in [0.4, 0.5) is 24.5 Å². The fraction of sp³-hybridized carbons (Fsp3) is 0.400. The Bertz CT molecular complexity index is 419. The summed E-state index contributed by atoms with van der Waals surface area (Å²) in [7, 11) is 0. The Hall–Kier alpha value is -1.47. The molecule has 6 N–H and O–H groups in total. The molecule has 0 aliphatic rings. The minimum atomic E-state index is -4.82. The largest absolute Gasteiger partial charge is 0.418 e. The SMILES string of the molecule is CC(O)c1cc(C(O)C(F)(F)F)c(N)cc1N. The summed E-state index contributed by atoms with van der Waals surface area (Å²) >= 11 is 0. The summed E-state index contributed by atoms with van der Waals surface area (Å²) in [5, 5.41) is 18.4. The van der Waals surface area contributed by atoms with Gasteiger partial charge in [-0.05, 0) is 19.1 Å². The van der Waals surface area contributed by atoms with Crippen molar-refractivity contribution in [2.45, 2.75) is 25.3 Å². The summed E-state index contributed by atoms with van der Waals surface area (Å²) in [6, 6.07) is 2.06. The molecule has 4 nitrogen and oxygen atoms in total. The summed E-state index contributed by atoms with van der Waals surface area (Å²) < 4.78 is 37.0. The summed E-state index contributed by atoms with van der Waals surface area (Å²) in [5.41, 5.74) is 10.3. The fourth-order valence-corrected chi connectivity index (χ4v) is 1.44. The first-order valence-electron chi connectivity index (χ1n) is 4.76. The van der Waals surface area contributed by atoms with Crippen LogP contribution in [0.2, 0.25) is 0 Å². The molecule has 2 atom stereocenters. The Morgan fingerprint density at radius 3 is 1.94 bits per heavy atom. The number of hydrogen-bond donors (Lipinski definition) is 4. The molecule has 0 radical (unpaired) electrons. The monoisotopic (exact) mass is 250 g/mol. The number of halogens is 3. The van der Waals surface area contributed by atoms with E-state index in [-0.39, 0.29) is 16.9 Å². The van der Waals surface area contributed by atoms with E-state index in [9.17, 15) is 18.3 Å². The van der Waals surface area contributed by atoms with Gasteiger partial charge in [0.15, 0.2) is 6.10 Å². The van der Waals surface area contributed by atoms with E-state index in [0.717, 1.165) is 12.1 Å². The quantitative estimate of drug-likeness (QED) is 0.598. The standard InChI is InChI=1S/C10H13F3N2O2/c1-4(16)5-2-6(8(15)3-7(5)14)9(17)10(11,12)13/h2-4,9,16-17H,14-15H2,1H3. The van der Waals surface area contributed by atoms with Crippen molar-refractivity contribution in [2.24, 2.45) is 0 Å². The lowest BCUT2D eigenvalue weighted by Gasteiger charge is -2.19. The summed E-state index contributed by atoms with van der Waals surface area (Å²) in [5.74, 6) is 0. The highest BCUT2D eigenvalue weighted by Crippen LogP contribution is 2.37. The molecular weight excluding hydrogens is 237 g/mol. The fourth-order valence-electron chi connectivity index (χ4n) is 1.44. The number of nitrogens with two attached hydrogens (primary N) is 2. The molecule has 0 bridgehead atoms. The molecule has 1 aromatic carbocycles. The number of aliphatic hydroxyl groups is 2. The number of aliphatic hydroxyl groups excluding tert-OH is 2. The minimum absolute atomic E-state index is 0.0793. The number of hydrogen-bond acceptors (Lipinski definition) is 4. The van der Waals surface area contributed by atoms with Gasteiger partial charge in [0.25, 0.3) is 0 Å². The van der Waals surface area contributed by atoms with Crippen molar-refractivity contribution in [1.29, 1.82) is 0 Å². The number of rotatable bonds is 2. The van der Waals surface area contributed by atoms with Crippen molar-refractivity contribution in [3.63, 3.8) is 0 Å². The van der Waals surface area contributed by atoms with Gasteiger partial charge in [-0.2, -0.15) is 13.2 Å². The van der Waals surface area contributed by atoms with E-state index < -0.39 is 23.9 Å². The van der Waals surface area contributed by atoms with E-state index >= 15 is 0 Å². The van der Waals surface area contributed by atoms with Crippen LogP contribution in [0.3, 0.4) is 0 Å². The molecule has 7 heteroatoms. The normalized spacial score (nSPS) is 15.6. The van der Waals surface area contributed by atoms with Crippen molar-refractivity contribution in [3.05, 3.63) is 23.3 Å². The van der Waals surface area contributed by atoms with Crippen LogP contribution in [-0.2, 0) is 0 Å². The first kappa shape index (κ1) is 13.6. The van der Waals surface area contributed by atoms with Gasteiger partial charge in [0.2, 0.25) is 0 Å². The molecule has 1 aromatic rings. The molecule has 0 fully saturated rings. The van der Waals surface area contributed by atoms with Crippen LogP contribution in [0.15, 0.2) is 12.1 Å². The molecule has 96 valence electrons. The van der Waals surface area contributed by atoms with E-state index in [1.54, 1.807) is 0 Å². The number of nitrogen functional groups attached to an aromatic ring is 2. The Balaban J connectivity index is 3.30. The maximum Gasteiger partial charge on any atom is 0.418 e. The highest BCUT2D eigenvalue weighted by Gasteiger charge is 2.40. The molecule has 0 aromatic heterocycles. The zero-order chi connectivity index (χ0) is 13.4. The third-order valence-electron chi connectivity index (χ3n) is 2.34. The van der Waals surface area contributed by atoms with Crippen LogP contribution in [0.5, 0.6) is 0 Å². The van der Waals surface area contributed by atoms with Gasteiger partial charge in [-0.15, -0.1) is 0 Å². The van der Waals surface area contributed by atoms with Crippen molar-refractivity contribution in [3.8, 4) is 0 Å². The first-order valence-corrected chi connectivity index (χ1v) is 4.76. The molecule has 0 aliphatic heterocycles. The van der Waals surface area contributed by atoms with Gasteiger partial charge in [-0.3, -0.25) is 0 Å². The Morgan fingerprint density at radius 2 is 1.53 bits per heavy atom. The zero-order valence-electron chi connectivity index (χ0n) is 8.99. The van der Waals surface area contributed by atoms with Crippen LogP contribution in [0.1, 0.15) is 30.3 Å². The number of benzene rings is 1. The third-order valence-corrected chi connectivity index (χ3v) is 2.34. The molecule has 0 spiro atoms. The number of alkyl halides is 3. The predicted molar refractivity (Wildman–Crippen MR) is 56.9 cm³/mol. The molecule has 0 saturated carbocycles. The molecule has 17 heavy (non-hydrogen) atoms. The lowest BCUT2D eigenvalue weighted by molar-refractivity contribution is -0.206. The molecule has 0 saturated heterocycles. The van der Waals surface area contributed by atoms with E-state index in [1.165, 1.54) is 6.92 Å². The van der Waals surface area contributed by atoms with E-state index in [4.69, 9.17) is 16.6 Å². The maximum atomic E-state index is 12.3. The van der Waals surface area contributed by atoms with Crippen LogP contribution in [0, 0.1) is 0 Å².